The van der Waals surface area contributed by atoms with Crippen molar-refractivity contribution in [1.82, 2.24) is 9.97 Å². The molecule has 0 saturated carbocycles. The van der Waals surface area contributed by atoms with E-state index >= 15 is 0 Å². The number of fused-ring (bicyclic) bond motifs is 2. The molecule has 2 unspecified atom stereocenters. The topological polar surface area (TPSA) is 74.7 Å². The summed E-state index contributed by atoms with van der Waals surface area (Å²) in [6.07, 6.45) is -1.18. The van der Waals surface area contributed by atoms with E-state index in [9.17, 15) is 4.39 Å². The summed E-state index contributed by atoms with van der Waals surface area (Å²) in [5, 5.41) is 4.84. The lowest BCUT2D eigenvalue weighted by Crippen LogP contribution is -2.33. The molecule has 0 bridgehead atoms. The molecule has 0 radical (unpaired) electrons. The van der Waals surface area contributed by atoms with Crippen molar-refractivity contribution in [3.05, 3.63) is 46.7 Å². The van der Waals surface area contributed by atoms with Crippen LogP contribution in [0, 0.1) is 0 Å². The Labute approximate surface area is 187 Å². The fourth-order valence-electron chi connectivity index (χ4n) is 3.81. The number of nitrogens with one attached hydrogen (secondary N) is 1. The van der Waals surface area contributed by atoms with E-state index in [4.69, 9.17) is 42.1 Å². The maximum absolute atomic E-state index is 13.8. The smallest absolute Gasteiger partial charge is 0.164 e. The normalized spacial score (nSPS) is 24.9. The standard InChI is InChI=1S/C21H18Cl2FN3O4/c1-28-16-5-11-15(6-17(16)31-18-8-30-19-14(24)7-29-20(18)19)25-9-26-21(11)27-10-2-3-12(22)13(23)4-10/h2-6,9,14,18-20H,7-8H2,1H3,(H,25,26,27)/t14?,18?,19-,20-/m0/s1. The van der Waals surface area contributed by atoms with E-state index in [1.54, 1.807) is 37.4 Å². The number of hydrogen-bond acceptors (Lipinski definition) is 7. The predicted molar refractivity (Wildman–Crippen MR) is 115 cm³/mol. The van der Waals surface area contributed by atoms with Crippen molar-refractivity contribution in [3.63, 3.8) is 0 Å². The first-order valence-corrected chi connectivity index (χ1v) is 10.4. The van der Waals surface area contributed by atoms with Gasteiger partial charge in [-0.2, -0.15) is 0 Å². The van der Waals surface area contributed by atoms with Crippen molar-refractivity contribution < 1.29 is 23.3 Å². The van der Waals surface area contributed by atoms with E-state index in [-0.39, 0.29) is 13.2 Å². The first kappa shape index (κ1) is 20.5. The van der Waals surface area contributed by atoms with Crippen molar-refractivity contribution in [2.24, 2.45) is 0 Å². The van der Waals surface area contributed by atoms with Crippen LogP contribution in [0.5, 0.6) is 11.5 Å². The van der Waals surface area contributed by atoms with E-state index in [1.807, 2.05) is 0 Å². The summed E-state index contributed by atoms with van der Waals surface area (Å²) in [5.41, 5.74) is 1.36. The van der Waals surface area contributed by atoms with Gasteiger partial charge in [0.25, 0.3) is 0 Å². The quantitative estimate of drug-likeness (QED) is 0.591. The largest absolute Gasteiger partial charge is 0.493 e. The van der Waals surface area contributed by atoms with Gasteiger partial charge in [0.05, 0.1) is 35.9 Å². The molecule has 0 aliphatic carbocycles. The van der Waals surface area contributed by atoms with Crippen LogP contribution < -0.4 is 14.8 Å². The number of methoxy groups -OCH3 is 1. The Kier molecular flexibility index (Phi) is 5.47. The second-order valence-electron chi connectivity index (χ2n) is 7.26. The lowest BCUT2D eigenvalue weighted by molar-refractivity contribution is 0.0271. The van der Waals surface area contributed by atoms with E-state index in [0.29, 0.717) is 32.9 Å². The van der Waals surface area contributed by atoms with Crippen LogP contribution in [0.25, 0.3) is 10.9 Å². The number of nitrogens with zero attached hydrogens (tertiary/aromatic N) is 2. The monoisotopic (exact) mass is 465 g/mol. The van der Waals surface area contributed by atoms with Gasteiger partial charge in [-0.05, 0) is 24.3 Å². The third-order valence-corrected chi connectivity index (χ3v) is 6.07. The molecule has 1 N–H and O–H groups in total. The molecule has 0 spiro atoms. The summed E-state index contributed by atoms with van der Waals surface area (Å²) in [4.78, 5) is 8.69. The number of anilines is 2. The van der Waals surface area contributed by atoms with E-state index in [1.165, 1.54) is 6.33 Å². The molecule has 162 valence electrons. The summed E-state index contributed by atoms with van der Waals surface area (Å²) in [6, 6.07) is 8.75. The lowest BCUT2D eigenvalue weighted by Gasteiger charge is -2.20. The average Bonchev–Trinajstić information content (AvgIpc) is 3.34. The number of benzene rings is 2. The summed E-state index contributed by atoms with van der Waals surface area (Å²) >= 11 is 12.1. The number of ether oxygens (including phenoxy) is 4. The van der Waals surface area contributed by atoms with Gasteiger partial charge in [-0.25, -0.2) is 14.4 Å². The highest BCUT2D eigenvalue weighted by molar-refractivity contribution is 6.42. The lowest BCUT2D eigenvalue weighted by atomic mass is 10.1. The van der Waals surface area contributed by atoms with Crippen molar-refractivity contribution in [1.29, 1.82) is 0 Å². The van der Waals surface area contributed by atoms with Crippen LogP contribution in [-0.4, -0.2) is 54.8 Å². The highest BCUT2D eigenvalue weighted by Gasteiger charge is 2.49. The maximum atomic E-state index is 13.8. The Morgan fingerprint density at radius 3 is 2.68 bits per heavy atom. The molecule has 3 aromatic rings. The van der Waals surface area contributed by atoms with Gasteiger partial charge in [0.2, 0.25) is 0 Å². The van der Waals surface area contributed by atoms with Crippen molar-refractivity contribution >= 4 is 45.6 Å². The van der Waals surface area contributed by atoms with Crippen LogP contribution in [0.4, 0.5) is 15.9 Å². The Bertz CT molecular complexity index is 1140. The summed E-state index contributed by atoms with van der Waals surface area (Å²) in [6.45, 7) is 0.256. The van der Waals surface area contributed by atoms with Crippen molar-refractivity contribution in [2.75, 3.05) is 25.6 Å². The molecule has 1 aromatic heterocycles. The Morgan fingerprint density at radius 2 is 1.87 bits per heavy atom. The van der Waals surface area contributed by atoms with Crippen molar-refractivity contribution in [3.8, 4) is 11.5 Å². The predicted octanol–water partition coefficient (Wildman–Crippen LogP) is 4.57. The van der Waals surface area contributed by atoms with Gasteiger partial charge in [-0.15, -0.1) is 0 Å². The van der Waals surface area contributed by atoms with Gasteiger partial charge in [0, 0.05) is 17.1 Å². The summed E-state index contributed by atoms with van der Waals surface area (Å²) in [5.74, 6) is 1.52. The molecule has 2 aliphatic rings. The maximum Gasteiger partial charge on any atom is 0.164 e. The molecule has 0 amide bonds. The van der Waals surface area contributed by atoms with Gasteiger partial charge < -0.3 is 24.3 Å². The van der Waals surface area contributed by atoms with E-state index < -0.39 is 24.5 Å². The highest BCUT2D eigenvalue weighted by atomic mass is 35.5. The molecule has 3 heterocycles. The first-order valence-electron chi connectivity index (χ1n) is 9.62. The van der Waals surface area contributed by atoms with Crippen LogP contribution in [0.2, 0.25) is 10.0 Å². The minimum absolute atomic E-state index is 0.0149. The fraction of sp³-hybridized carbons (Fsp3) is 0.333. The van der Waals surface area contributed by atoms with Gasteiger partial charge in [-0.1, -0.05) is 23.2 Å². The zero-order valence-corrected chi connectivity index (χ0v) is 17.9. The average molecular weight is 466 g/mol. The molecule has 4 atom stereocenters. The second-order valence-corrected chi connectivity index (χ2v) is 8.08. The number of halogens is 3. The zero-order valence-electron chi connectivity index (χ0n) is 16.3. The molecular weight excluding hydrogens is 448 g/mol. The molecule has 2 saturated heterocycles. The molecule has 2 aliphatic heterocycles. The minimum Gasteiger partial charge on any atom is -0.493 e. The molecule has 2 aromatic carbocycles. The molecule has 10 heteroatoms. The zero-order chi connectivity index (χ0) is 21.5. The molecule has 7 nitrogen and oxygen atoms in total. The Hall–Kier alpha value is -2.39. The Morgan fingerprint density at radius 1 is 1.03 bits per heavy atom. The molecule has 31 heavy (non-hydrogen) atoms. The van der Waals surface area contributed by atoms with Crippen LogP contribution in [0.15, 0.2) is 36.7 Å². The number of hydrogen-bond donors (Lipinski definition) is 1. The molecule has 2 fully saturated rings. The van der Waals surface area contributed by atoms with Crippen LogP contribution in [-0.2, 0) is 9.47 Å². The first-order chi connectivity index (χ1) is 15.0. The van der Waals surface area contributed by atoms with Gasteiger partial charge in [-0.3, -0.25) is 0 Å². The van der Waals surface area contributed by atoms with Crippen LogP contribution in [0.3, 0.4) is 0 Å². The minimum atomic E-state index is -1.14. The summed E-state index contributed by atoms with van der Waals surface area (Å²) < 4.78 is 36.5. The fourth-order valence-corrected chi connectivity index (χ4v) is 4.11. The van der Waals surface area contributed by atoms with Gasteiger partial charge >= 0.3 is 0 Å². The third-order valence-electron chi connectivity index (χ3n) is 5.33. The second kappa shape index (κ2) is 8.27. The van der Waals surface area contributed by atoms with Gasteiger partial charge in [0.15, 0.2) is 23.8 Å². The number of alkyl halides is 1. The Balaban J connectivity index is 1.45. The third kappa shape index (κ3) is 3.85. The number of rotatable bonds is 5. The number of aromatic nitrogens is 2. The van der Waals surface area contributed by atoms with E-state index in [0.717, 1.165) is 11.1 Å². The van der Waals surface area contributed by atoms with Gasteiger partial charge in [0.1, 0.15) is 24.4 Å². The van der Waals surface area contributed by atoms with Crippen LogP contribution in [0.1, 0.15) is 0 Å². The van der Waals surface area contributed by atoms with E-state index in [2.05, 4.69) is 15.3 Å². The van der Waals surface area contributed by atoms with Crippen LogP contribution >= 0.6 is 23.2 Å². The summed E-state index contributed by atoms with van der Waals surface area (Å²) in [7, 11) is 1.54. The molecular formula is C21H18Cl2FN3O4. The molecule has 5 rings (SSSR count). The SMILES string of the molecule is COc1cc2c(Nc3ccc(Cl)c(Cl)c3)ncnc2cc1OC1CO[C@H]2C(F)CO[C@@H]12. The van der Waals surface area contributed by atoms with Crippen molar-refractivity contribution in [2.45, 2.75) is 24.5 Å². The highest BCUT2D eigenvalue weighted by Crippen LogP contribution is 2.38.